The monoisotopic (exact) mass is 247 g/mol. The third-order valence-electron chi connectivity index (χ3n) is 4.72. The van der Waals surface area contributed by atoms with Gasteiger partial charge in [0.15, 0.2) is 0 Å². The fraction of sp³-hybridized carbons (Fsp3) is 0.812. The summed E-state index contributed by atoms with van der Waals surface area (Å²) in [4.78, 5) is 12.2. The van der Waals surface area contributed by atoms with Gasteiger partial charge in [0.25, 0.3) is 0 Å². The lowest BCUT2D eigenvalue weighted by molar-refractivity contribution is -0.127. The van der Waals surface area contributed by atoms with E-state index in [4.69, 9.17) is 6.42 Å². The maximum absolute atomic E-state index is 12.2. The number of terminal acetylenes is 1. The number of rotatable bonds is 3. The molecule has 2 saturated carbocycles. The Morgan fingerprint density at radius 2 is 2.00 bits per heavy atom. The molecule has 2 fully saturated rings. The Morgan fingerprint density at radius 1 is 1.28 bits per heavy atom. The van der Waals surface area contributed by atoms with Crippen LogP contribution in [0.3, 0.4) is 0 Å². The van der Waals surface area contributed by atoms with Crippen molar-refractivity contribution < 1.29 is 4.79 Å². The molecule has 0 radical (unpaired) electrons. The van der Waals surface area contributed by atoms with Crippen LogP contribution in [0.15, 0.2) is 0 Å². The maximum Gasteiger partial charge on any atom is 0.223 e. The van der Waals surface area contributed by atoms with Gasteiger partial charge in [-0.05, 0) is 38.0 Å². The molecule has 1 amide bonds. The van der Waals surface area contributed by atoms with E-state index in [-0.39, 0.29) is 17.9 Å². The first-order valence-electron chi connectivity index (χ1n) is 7.44. The summed E-state index contributed by atoms with van der Waals surface area (Å²) in [6, 6.07) is 0.117. The van der Waals surface area contributed by atoms with Crippen LogP contribution in [0.5, 0.6) is 0 Å². The Kier molecular flexibility index (Phi) is 4.69. The molecule has 4 atom stereocenters. The lowest BCUT2D eigenvalue weighted by Crippen LogP contribution is -2.40. The van der Waals surface area contributed by atoms with Gasteiger partial charge in [-0.3, -0.25) is 4.79 Å². The smallest absolute Gasteiger partial charge is 0.223 e. The standard InChI is InChI=1S/C16H25NO/c1-3-6-12(2)17-16(18)15-10-9-13-7-4-5-8-14(13)11-15/h1,12-15H,4-11H2,2H3,(H,17,18). The van der Waals surface area contributed by atoms with Crippen LogP contribution in [-0.4, -0.2) is 11.9 Å². The molecule has 2 aliphatic carbocycles. The third-order valence-corrected chi connectivity index (χ3v) is 4.72. The van der Waals surface area contributed by atoms with E-state index in [1.165, 1.54) is 32.1 Å². The molecule has 0 aromatic heterocycles. The third kappa shape index (κ3) is 3.28. The van der Waals surface area contributed by atoms with E-state index in [1.807, 2.05) is 6.92 Å². The van der Waals surface area contributed by atoms with Gasteiger partial charge in [0.05, 0.1) is 0 Å². The minimum Gasteiger partial charge on any atom is -0.352 e. The second kappa shape index (κ2) is 6.27. The topological polar surface area (TPSA) is 29.1 Å². The molecule has 0 bridgehead atoms. The van der Waals surface area contributed by atoms with Gasteiger partial charge in [-0.25, -0.2) is 0 Å². The molecule has 2 nitrogen and oxygen atoms in total. The minimum absolute atomic E-state index is 0.117. The SMILES string of the molecule is C#CCC(C)NC(=O)C1CCC2CCCCC2C1. The molecular weight excluding hydrogens is 222 g/mol. The summed E-state index contributed by atoms with van der Waals surface area (Å²) in [7, 11) is 0. The molecule has 0 aromatic carbocycles. The summed E-state index contributed by atoms with van der Waals surface area (Å²) in [6.45, 7) is 1.99. The van der Waals surface area contributed by atoms with E-state index < -0.39 is 0 Å². The molecule has 2 rings (SSSR count). The minimum atomic E-state index is 0.117. The van der Waals surface area contributed by atoms with Crippen LogP contribution >= 0.6 is 0 Å². The van der Waals surface area contributed by atoms with Gasteiger partial charge in [0, 0.05) is 18.4 Å². The highest BCUT2D eigenvalue weighted by Gasteiger charge is 2.35. The number of carbonyl (C=O) groups excluding carboxylic acids is 1. The van der Waals surface area contributed by atoms with Gasteiger partial charge in [-0.1, -0.05) is 25.7 Å². The first-order chi connectivity index (χ1) is 8.70. The van der Waals surface area contributed by atoms with Crippen molar-refractivity contribution >= 4 is 5.91 Å². The fourth-order valence-electron chi connectivity index (χ4n) is 3.70. The summed E-state index contributed by atoms with van der Waals surface area (Å²) >= 11 is 0. The first-order valence-corrected chi connectivity index (χ1v) is 7.44. The van der Waals surface area contributed by atoms with E-state index in [0.717, 1.165) is 24.7 Å². The van der Waals surface area contributed by atoms with E-state index in [1.54, 1.807) is 0 Å². The van der Waals surface area contributed by atoms with Gasteiger partial charge >= 0.3 is 0 Å². The summed E-state index contributed by atoms with van der Waals surface area (Å²) in [6.07, 6.45) is 14.8. The molecule has 0 aromatic rings. The van der Waals surface area contributed by atoms with Crippen molar-refractivity contribution in [3.63, 3.8) is 0 Å². The van der Waals surface area contributed by atoms with E-state index in [9.17, 15) is 4.79 Å². The number of amides is 1. The molecule has 4 unspecified atom stereocenters. The van der Waals surface area contributed by atoms with Crippen LogP contribution in [0.25, 0.3) is 0 Å². The van der Waals surface area contributed by atoms with Crippen LogP contribution in [0.2, 0.25) is 0 Å². The van der Waals surface area contributed by atoms with Crippen molar-refractivity contribution in [1.82, 2.24) is 5.32 Å². The quantitative estimate of drug-likeness (QED) is 0.763. The molecule has 0 saturated heterocycles. The zero-order valence-corrected chi connectivity index (χ0v) is 11.5. The van der Waals surface area contributed by atoms with Crippen molar-refractivity contribution in [2.75, 3.05) is 0 Å². The summed E-state index contributed by atoms with van der Waals surface area (Å²) in [5, 5.41) is 3.06. The van der Waals surface area contributed by atoms with Crippen LogP contribution in [-0.2, 0) is 4.79 Å². The Hall–Kier alpha value is -0.970. The normalized spacial score (nSPS) is 33.0. The molecule has 0 aliphatic heterocycles. The summed E-state index contributed by atoms with van der Waals surface area (Å²) < 4.78 is 0. The molecule has 2 heteroatoms. The largest absolute Gasteiger partial charge is 0.352 e. The van der Waals surface area contributed by atoms with Gasteiger partial charge in [0.2, 0.25) is 5.91 Å². The van der Waals surface area contributed by atoms with Gasteiger partial charge in [-0.2, -0.15) is 0 Å². The second-order valence-corrected chi connectivity index (χ2v) is 6.13. The van der Waals surface area contributed by atoms with Crippen molar-refractivity contribution in [1.29, 1.82) is 0 Å². The number of hydrogen-bond acceptors (Lipinski definition) is 1. The number of carbonyl (C=O) groups is 1. The Morgan fingerprint density at radius 3 is 2.72 bits per heavy atom. The second-order valence-electron chi connectivity index (χ2n) is 6.13. The molecule has 18 heavy (non-hydrogen) atoms. The number of nitrogens with one attached hydrogen (secondary N) is 1. The number of fused-ring (bicyclic) bond motifs is 1. The average molecular weight is 247 g/mol. The molecule has 100 valence electrons. The Labute approximate surface area is 111 Å². The van der Waals surface area contributed by atoms with Crippen LogP contribution < -0.4 is 5.32 Å². The van der Waals surface area contributed by atoms with Crippen molar-refractivity contribution in [2.24, 2.45) is 17.8 Å². The predicted molar refractivity (Wildman–Crippen MR) is 73.8 cm³/mol. The summed E-state index contributed by atoms with van der Waals surface area (Å²) in [5.74, 6) is 4.80. The van der Waals surface area contributed by atoms with E-state index >= 15 is 0 Å². The van der Waals surface area contributed by atoms with Gasteiger partial charge in [-0.15, -0.1) is 12.3 Å². The van der Waals surface area contributed by atoms with E-state index in [0.29, 0.717) is 6.42 Å². The van der Waals surface area contributed by atoms with E-state index in [2.05, 4.69) is 11.2 Å². The van der Waals surface area contributed by atoms with Crippen molar-refractivity contribution in [3.8, 4) is 12.3 Å². The highest BCUT2D eigenvalue weighted by molar-refractivity contribution is 5.79. The van der Waals surface area contributed by atoms with Crippen LogP contribution in [0.1, 0.15) is 58.3 Å². The zero-order valence-electron chi connectivity index (χ0n) is 11.5. The highest BCUT2D eigenvalue weighted by Crippen LogP contribution is 2.42. The molecule has 2 aliphatic rings. The molecule has 0 heterocycles. The van der Waals surface area contributed by atoms with Crippen molar-refractivity contribution in [2.45, 2.75) is 64.3 Å². The number of hydrogen-bond donors (Lipinski definition) is 1. The zero-order chi connectivity index (χ0) is 13.0. The molecule has 0 spiro atoms. The summed E-state index contributed by atoms with van der Waals surface area (Å²) in [5.41, 5.74) is 0. The Bertz CT molecular complexity index is 330. The van der Waals surface area contributed by atoms with Crippen LogP contribution in [0, 0.1) is 30.1 Å². The molecule has 1 N–H and O–H groups in total. The van der Waals surface area contributed by atoms with Gasteiger partial charge in [0.1, 0.15) is 0 Å². The molecular formula is C16H25NO. The predicted octanol–water partition coefficient (Wildman–Crippen LogP) is 3.12. The lowest BCUT2D eigenvalue weighted by Gasteiger charge is -2.39. The van der Waals surface area contributed by atoms with Crippen LogP contribution in [0.4, 0.5) is 0 Å². The van der Waals surface area contributed by atoms with Gasteiger partial charge < -0.3 is 5.32 Å². The van der Waals surface area contributed by atoms with Crippen molar-refractivity contribution in [3.05, 3.63) is 0 Å². The Balaban J connectivity index is 1.83. The fourth-order valence-corrected chi connectivity index (χ4v) is 3.70. The average Bonchev–Trinajstić information content (AvgIpc) is 2.38. The first kappa shape index (κ1) is 13.5. The lowest BCUT2D eigenvalue weighted by atomic mass is 9.67. The maximum atomic E-state index is 12.2. The highest BCUT2D eigenvalue weighted by atomic mass is 16.1.